The zero-order chi connectivity index (χ0) is 18.7. The highest BCUT2D eigenvalue weighted by Gasteiger charge is 2.45. The van der Waals surface area contributed by atoms with Crippen LogP contribution < -0.4 is 10.0 Å². The Kier molecular flexibility index (Phi) is 5.45. The van der Waals surface area contributed by atoms with E-state index in [0.717, 1.165) is 12.2 Å². The van der Waals surface area contributed by atoms with E-state index in [1.807, 2.05) is 12.1 Å². The fourth-order valence-corrected chi connectivity index (χ4v) is 4.10. The van der Waals surface area contributed by atoms with Crippen molar-refractivity contribution >= 4 is 21.6 Å². The van der Waals surface area contributed by atoms with Gasteiger partial charge in [-0.25, -0.2) is 13.1 Å². The van der Waals surface area contributed by atoms with E-state index >= 15 is 0 Å². The highest BCUT2D eigenvalue weighted by atomic mass is 32.2. The predicted octanol–water partition coefficient (Wildman–Crippen LogP) is 2.33. The number of carbonyl (C=O) groups is 1. The minimum atomic E-state index is -3.62. The van der Waals surface area contributed by atoms with Crippen LogP contribution in [0.4, 0.5) is 5.69 Å². The van der Waals surface area contributed by atoms with Crippen molar-refractivity contribution in [1.29, 1.82) is 0 Å². The lowest BCUT2D eigenvalue weighted by Gasteiger charge is -2.13. The monoisotopic (exact) mass is 378 g/mol. The molecule has 0 aliphatic heterocycles. The fraction of sp³-hybridized carbons (Fsp3) is 0.389. The zero-order valence-corrected chi connectivity index (χ0v) is 15.5. The summed E-state index contributed by atoms with van der Waals surface area (Å²) in [6, 6.07) is 9.44. The smallest absolute Gasteiger partial charge is 0.240 e. The molecule has 1 aromatic heterocycles. The Hall–Kier alpha value is -2.16. The number of rotatable bonds is 8. The topological polar surface area (TPSA) is 97.6 Å². The van der Waals surface area contributed by atoms with Gasteiger partial charge in [0, 0.05) is 30.7 Å². The van der Waals surface area contributed by atoms with E-state index < -0.39 is 10.0 Å². The largest absolute Gasteiger partial charge is 0.469 e. The van der Waals surface area contributed by atoms with Crippen LogP contribution in [0.2, 0.25) is 0 Å². The summed E-state index contributed by atoms with van der Waals surface area (Å²) in [5, 5.41) is 2.82. The van der Waals surface area contributed by atoms with E-state index in [-0.39, 0.29) is 35.3 Å². The van der Waals surface area contributed by atoms with Crippen LogP contribution in [-0.2, 0) is 19.6 Å². The molecule has 140 valence electrons. The second-order valence-electron chi connectivity index (χ2n) is 6.46. The van der Waals surface area contributed by atoms with Crippen molar-refractivity contribution in [2.24, 2.45) is 5.92 Å². The maximum absolute atomic E-state index is 12.3. The molecule has 1 aliphatic rings. The number of hydrogen-bond acceptors (Lipinski definition) is 5. The van der Waals surface area contributed by atoms with Crippen molar-refractivity contribution in [3.05, 3.63) is 48.4 Å². The third-order valence-corrected chi connectivity index (χ3v) is 5.85. The first kappa shape index (κ1) is 18.6. The van der Waals surface area contributed by atoms with Gasteiger partial charge in [-0.1, -0.05) is 0 Å². The highest BCUT2D eigenvalue weighted by Crippen LogP contribution is 2.48. The number of anilines is 1. The number of furan rings is 1. The molecule has 1 saturated carbocycles. The molecule has 3 atom stereocenters. The minimum absolute atomic E-state index is 0.0890. The number of carbonyl (C=O) groups excluding carboxylic acids is 1. The molecule has 7 nitrogen and oxygen atoms in total. The van der Waals surface area contributed by atoms with Gasteiger partial charge in [0.1, 0.15) is 5.76 Å². The summed E-state index contributed by atoms with van der Waals surface area (Å²) in [7, 11) is -2.11. The van der Waals surface area contributed by atoms with Crippen LogP contribution in [0.25, 0.3) is 0 Å². The second kappa shape index (κ2) is 7.61. The molecule has 8 heteroatoms. The summed E-state index contributed by atoms with van der Waals surface area (Å²) in [4.78, 5) is 12.4. The third-order valence-electron chi connectivity index (χ3n) is 4.24. The maximum atomic E-state index is 12.3. The number of benzene rings is 1. The first-order valence-corrected chi connectivity index (χ1v) is 9.84. The number of sulfonamides is 1. The van der Waals surface area contributed by atoms with E-state index in [1.165, 1.54) is 19.2 Å². The van der Waals surface area contributed by atoms with Gasteiger partial charge in [-0.05, 0) is 49.7 Å². The van der Waals surface area contributed by atoms with E-state index in [2.05, 4.69) is 10.0 Å². The Morgan fingerprint density at radius 2 is 2.04 bits per heavy atom. The van der Waals surface area contributed by atoms with Crippen LogP contribution in [0, 0.1) is 5.92 Å². The molecular weight excluding hydrogens is 356 g/mol. The van der Waals surface area contributed by atoms with Crippen LogP contribution in [0.3, 0.4) is 0 Å². The standard InChI is InChI=1S/C18H22N2O5S/c1-12(11-24-2)20-26(22,23)14-7-5-13(6-8-14)19-18(21)16-10-15(16)17-4-3-9-25-17/h3-9,12,15-16,20H,10-11H2,1-2H3,(H,19,21)/t12-,15+,16+/m0/s1. The van der Waals surface area contributed by atoms with Crippen molar-refractivity contribution in [1.82, 2.24) is 4.72 Å². The molecular formula is C18H22N2O5S. The molecule has 1 aromatic carbocycles. The SMILES string of the molecule is COC[C@H](C)NS(=O)(=O)c1ccc(NC(=O)[C@@H]2C[C@H]2c2ccco2)cc1. The van der Waals surface area contributed by atoms with Gasteiger partial charge in [0.05, 0.1) is 17.8 Å². The number of ether oxygens (including phenoxy) is 1. The van der Waals surface area contributed by atoms with Gasteiger partial charge in [0.2, 0.25) is 15.9 Å². The number of methoxy groups -OCH3 is 1. The minimum Gasteiger partial charge on any atom is -0.469 e. The second-order valence-corrected chi connectivity index (χ2v) is 8.17. The van der Waals surface area contributed by atoms with Gasteiger partial charge in [-0.15, -0.1) is 0 Å². The number of nitrogens with one attached hydrogen (secondary N) is 2. The Labute approximate surface area is 152 Å². The van der Waals surface area contributed by atoms with Crippen LogP contribution in [0.5, 0.6) is 0 Å². The number of hydrogen-bond donors (Lipinski definition) is 2. The summed E-state index contributed by atoms with van der Waals surface area (Å²) in [6.45, 7) is 2.01. The maximum Gasteiger partial charge on any atom is 0.240 e. The van der Waals surface area contributed by atoms with Crippen molar-refractivity contribution in [3.63, 3.8) is 0 Å². The average molecular weight is 378 g/mol. The molecule has 0 unspecified atom stereocenters. The molecule has 1 fully saturated rings. The quantitative estimate of drug-likeness (QED) is 0.735. The summed E-state index contributed by atoms with van der Waals surface area (Å²) < 4.78 is 37.3. The molecule has 0 spiro atoms. The summed E-state index contributed by atoms with van der Waals surface area (Å²) in [5.74, 6) is 0.744. The van der Waals surface area contributed by atoms with Crippen LogP contribution in [0.15, 0.2) is 52.0 Å². The molecule has 0 radical (unpaired) electrons. The fourth-order valence-electron chi connectivity index (χ4n) is 2.87. The third kappa shape index (κ3) is 4.32. The molecule has 1 aliphatic carbocycles. The van der Waals surface area contributed by atoms with E-state index in [9.17, 15) is 13.2 Å². The van der Waals surface area contributed by atoms with E-state index in [4.69, 9.17) is 9.15 Å². The lowest BCUT2D eigenvalue weighted by Crippen LogP contribution is -2.35. The van der Waals surface area contributed by atoms with Crippen LogP contribution in [-0.4, -0.2) is 34.1 Å². The summed E-state index contributed by atoms with van der Waals surface area (Å²) >= 11 is 0. The molecule has 2 N–H and O–H groups in total. The lowest BCUT2D eigenvalue weighted by atomic mass is 10.2. The van der Waals surface area contributed by atoms with E-state index in [1.54, 1.807) is 25.3 Å². The van der Waals surface area contributed by atoms with Crippen molar-refractivity contribution in [2.75, 3.05) is 19.0 Å². The van der Waals surface area contributed by atoms with Gasteiger partial charge in [-0.3, -0.25) is 4.79 Å². The van der Waals surface area contributed by atoms with Gasteiger partial charge in [0.15, 0.2) is 0 Å². The van der Waals surface area contributed by atoms with Gasteiger partial charge in [-0.2, -0.15) is 0 Å². The Morgan fingerprint density at radius 1 is 1.31 bits per heavy atom. The normalized spacial score (nSPS) is 20.5. The molecule has 1 amide bonds. The van der Waals surface area contributed by atoms with Crippen molar-refractivity contribution in [2.45, 2.75) is 30.2 Å². The first-order chi connectivity index (χ1) is 12.4. The molecule has 3 rings (SSSR count). The molecule has 2 aromatic rings. The van der Waals surface area contributed by atoms with Crippen molar-refractivity contribution < 1.29 is 22.4 Å². The summed E-state index contributed by atoms with van der Waals surface area (Å²) in [5.41, 5.74) is 0.559. The Bertz CT molecular complexity index is 846. The van der Waals surface area contributed by atoms with Gasteiger partial charge < -0.3 is 14.5 Å². The zero-order valence-electron chi connectivity index (χ0n) is 14.6. The first-order valence-electron chi connectivity index (χ1n) is 8.36. The summed E-state index contributed by atoms with van der Waals surface area (Å²) in [6.07, 6.45) is 2.36. The van der Waals surface area contributed by atoms with Crippen LogP contribution in [0.1, 0.15) is 25.0 Å². The Morgan fingerprint density at radius 3 is 2.65 bits per heavy atom. The molecule has 26 heavy (non-hydrogen) atoms. The highest BCUT2D eigenvalue weighted by molar-refractivity contribution is 7.89. The molecule has 0 saturated heterocycles. The average Bonchev–Trinajstić information content (AvgIpc) is 3.21. The molecule has 0 bridgehead atoms. The van der Waals surface area contributed by atoms with Crippen LogP contribution >= 0.6 is 0 Å². The van der Waals surface area contributed by atoms with E-state index in [0.29, 0.717) is 5.69 Å². The molecule has 1 heterocycles. The predicted molar refractivity (Wildman–Crippen MR) is 96.3 cm³/mol. The number of amides is 1. The Balaban J connectivity index is 1.59. The van der Waals surface area contributed by atoms with Gasteiger partial charge >= 0.3 is 0 Å². The van der Waals surface area contributed by atoms with Gasteiger partial charge in [0.25, 0.3) is 0 Å². The van der Waals surface area contributed by atoms with Crippen molar-refractivity contribution in [3.8, 4) is 0 Å². The lowest BCUT2D eigenvalue weighted by molar-refractivity contribution is -0.117.